The molecule has 0 aromatic carbocycles. The first kappa shape index (κ1) is 14.5. The quantitative estimate of drug-likeness (QED) is 0.750. The monoisotopic (exact) mass is 287 g/mol. The Labute approximate surface area is 113 Å². The Bertz CT molecular complexity index is 538. The van der Waals surface area contributed by atoms with Crippen LogP contribution in [0.1, 0.15) is 37.4 Å². The van der Waals surface area contributed by atoms with Crippen molar-refractivity contribution >= 4 is 10.0 Å². The molecule has 0 amide bonds. The van der Waals surface area contributed by atoms with E-state index in [9.17, 15) is 13.5 Å². The second-order valence-corrected chi connectivity index (χ2v) is 7.11. The molecule has 19 heavy (non-hydrogen) atoms. The Hall–Kier alpha value is -0.920. The van der Waals surface area contributed by atoms with E-state index in [1.165, 1.54) is 0 Å². The second-order valence-electron chi connectivity index (χ2n) is 5.43. The number of nitrogens with zero attached hydrogens (tertiary/aromatic N) is 1. The first-order valence-electron chi connectivity index (χ1n) is 6.58. The molecule has 1 aliphatic rings. The number of aryl methyl sites for hydroxylation is 1. The lowest BCUT2D eigenvalue weighted by Crippen LogP contribution is -2.29. The van der Waals surface area contributed by atoms with Gasteiger partial charge in [0.2, 0.25) is 0 Å². The van der Waals surface area contributed by atoms with E-state index in [4.69, 9.17) is 0 Å². The minimum Gasteiger partial charge on any atom is -0.392 e. The summed E-state index contributed by atoms with van der Waals surface area (Å²) in [4.78, 5) is 0. The topological polar surface area (TPSA) is 95.1 Å². The number of hydrogen-bond acceptors (Lipinski definition) is 4. The molecule has 2 atom stereocenters. The Morgan fingerprint density at radius 1 is 1.47 bits per heavy atom. The van der Waals surface area contributed by atoms with Gasteiger partial charge in [-0.15, -0.1) is 0 Å². The van der Waals surface area contributed by atoms with Crippen molar-refractivity contribution in [3.8, 4) is 0 Å². The van der Waals surface area contributed by atoms with Crippen LogP contribution in [0.25, 0.3) is 0 Å². The molecule has 0 saturated heterocycles. The Kier molecular flexibility index (Phi) is 4.27. The molecule has 3 N–H and O–H groups in total. The third kappa shape index (κ3) is 3.16. The molecule has 1 heterocycles. The second kappa shape index (κ2) is 5.60. The van der Waals surface area contributed by atoms with Gasteiger partial charge in [0.15, 0.2) is 5.03 Å². The molecule has 0 radical (unpaired) electrons. The molecule has 1 saturated carbocycles. The van der Waals surface area contributed by atoms with Crippen molar-refractivity contribution in [3.63, 3.8) is 0 Å². The number of aliphatic hydroxyl groups is 1. The fraction of sp³-hybridized carbons (Fsp3) is 0.750. The Morgan fingerprint density at radius 3 is 2.79 bits per heavy atom. The van der Waals surface area contributed by atoms with Crippen molar-refractivity contribution in [3.05, 3.63) is 11.3 Å². The number of sulfonamides is 1. The van der Waals surface area contributed by atoms with Gasteiger partial charge in [-0.1, -0.05) is 13.3 Å². The van der Waals surface area contributed by atoms with E-state index in [1.54, 1.807) is 6.92 Å². The maximum atomic E-state index is 12.2. The van der Waals surface area contributed by atoms with Gasteiger partial charge < -0.3 is 5.11 Å². The molecule has 0 bridgehead atoms. The smallest absolute Gasteiger partial charge is 0.260 e. The zero-order chi connectivity index (χ0) is 14.0. The van der Waals surface area contributed by atoms with Gasteiger partial charge in [-0.25, -0.2) is 13.1 Å². The Morgan fingerprint density at radius 2 is 2.21 bits per heavy atom. The highest BCUT2D eigenvalue weighted by atomic mass is 32.2. The lowest BCUT2D eigenvalue weighted by Gasteiger charge is -2.11. The fourth-order valence-electron chi connectivity index (χ4n) is 2.64. The average molecular weight is 287 g/mol. The van der Waals surface area contributed by atoms with Crippen LogP contribution in [0.3, 0.4) is 0 Å². The van der Waals surface area contributed by atoms with E-state index in [0.717, 1.165) is 19.3 Å². The first-order chi connectivity index (χ1) is 8.94. The van der Waals surface area contributed by atoms with Crippen LogP contribution in [0.15, 0.2) is 5.03 Å². The van der Waals surface area contributed by atoms with Crippen LogP contribution in [0, 0.1) is 18.8 Å². The van der Waals surface area contributed by atoms with Crippen LogP contribution in [-0.4, -0.2) is 30.3 Å². The van der Waals surface area contributed by atoms with Gasteiger partial charge in [0.1, 0.15) is 0 Å². The van der Waals surface area contributed by atoms with E-state index in [-0.39, 0.29) is 11.6 Å². The van der Waals surface area contributed by atoms with E-state index >= 15 is 0 Å². The van der Waals surface area contributed by atoms with Crippen molar-refractivity contribution in [2.45, 2.75) is 44.7 Å². The number of rotatable bonds is 5. The molecule has 6 nitrogen and oxygen atoms in total. The summed E-state index contributed by atoms with van der Waals surface area (Å²) >= 11 is 0. The number of aliphatic hydroxyl groups excluding tert-OH is 1. The maximum absolute atomic E-state index is 12.2. The average Bonchev–Trinajstić information content (AvgIpc) is 2.93. The number of nitrogens with one attached hydrogen (secondary N) is 2. The van der Waals surface area contributed by atoms with Gasteiger partial charge in [0.25, 0.3) is 10.0 Å². The van der Waals surface area contributed by atoms with Gasteiger partial charge in [-0.3, -0.25) is 5.10 Å². The van der Waals surface area contributed by atoms with Gasteiger partial charge in [0, 0.05) is 17.8 Å². The molecule has 0 aliphatic heterocycles. The molecular weight excluding hydrogens is 266 g/mol. The molecular formula is C12H21N3O3S. The fourth-order valence-corrected chi connectivity index (χ4v) is 3.94. The van der Waals surface area contributed by atoms with Crippen molar-refractivity contribution in [2.24, 2.45) is 11.8 Å². The molecule has 0 spiro atoms. The zero-order valence-corrected chi connectivity index (χ0v) is 12.1. The molecule has 2 rings (SSSR count). The predicted molar refractivity (Wildman–Crippen MR) is 70.9 cm³/mol. The van der Waals surface area contributed by atoms with Gasteiger partial charge in [0.05, 0.1) is 6.61 Å². The highest BCUT2D eigenvalue weighted by Gasteiger charge is 2.26. The predicted octanol–water partition coefficient (Wildman–Crippen LogP) is 0.925. The molecule has 1 fully saturated rings. The minimum atomic E-state index is -3.64. The SMILES string of the molecule is Cc1[nH]nc(S(=O)(=O)NCC2CCC(C)C2)c1CO. The maximum Gasteiger partial charge on any atom is 0.260 e. The van der Waals surface area contributed by atoms with Crippen LogP contribution >= 0.6 is 0 Å². The van der Waals surface area contributed by atoms with Gasteiger partial charge >= 0.3 is 0 Å². The van der Waals surface area contributed by atoms with E-state index in [0.29, 0.717) is 29.6 Å². The third-order valence-corrected chi connectivity index (χ3v) is 5.21. The van der Waals surface area contributed by atoms with Gasteiger partial charge in [-0.2, -0.15) is 5.10 Å². The van der Waals surface area contributed by atoms with Gasteiger partial charge in [-0.05, 0) is 31.6 Å². The summed E-state index contributed by atoms with van der Waals surface area (Å²) in [7, 11) is -3.64. The van der Waals surface area contributed by atoms with Crippen molar-refractivity contribution in [2.75, 3.05) is 6.54 Å². The molecule has 2 unspecified atom stereocenters. The summed E-state index contributed by atoms with van der Waals surface area (Å²) in [6.45, 7) is 3.99. The molecule has 7 heteroatoms. The Balaban J connectivity index is 2.06. The van der Waals surface area contributed by atoms with E-state index in [2.05, 4.69) is 21.8 Å². The minimum absolute atomic E-state index is 0.0847. The van der Waals surface area contributed by atoms with Crippen LogP contribution in [0.4, 0.5) is 0 Å². The molecule has 1 aromatic heterocycles. The summed E-state index contributed by atoms with van der Waals surface area (Å²) in [5.74, 6) is 1.08. The summed E-state index contributed by atoms with van der Waals surface area (Å²) in [6.07, 6.45) is 3.29. The number of hydrogen-bond donors (Lipinski definition) is 3. The van der Waals surface area contributed by atoms with Crippen LogP contribution in [-0.2, 0) is 16.6 Å². The number of aromatic amines is 1. The molecule has 108 valence electrons. The van der Waals surface area contributed by atoms with Crippen molar-refractivity contribution in [1.82, 2.24) is 14.9 Å². The highest BCUT2D eigenvalue weighted by molar-refractivity contribution is 7.89. The lowest BCUT2D eigenvalue weighted by molar-refractivity contribution is 0.277. The molecule has 1 aliphatic carbocycles. The lowest BCUT2D eigenvalue weighted by atomic mass is 10.1. The summed E-state index contributed by atoms with van der Waals surface area (Å²) in [6, 6.07) is 0. The van der Waals surface area contributed by atoms with Crippen molar-refractivity contribution < 1.29 is 13.5 Å². The summed E-state index contributed by atoms with van der Waals surface area (Å²) < 4.78 is 26.9. The zero-order valence-electron chi connectivity index (χ0n) is 11.3. The van der Waals surface area contributed by atoms with Crippen molar-refractivity contribution in [1.29, 1.82) is 0 Å². The van der Waals surface area contributed by atoms with Crippen LogP contribution in [0.2, 0.25) is 0 Å². The standard InChI is InChI=1S/C12H21N3O3S/c1-8-3-4-10(5-8)6-13-19(17,18)12-11(7-16)9(2)14-15-12/h8,10,13,16H,3-7H2,1-2H3,(H,14,15). The molecule has 1 aromatic rings. The summed E-state index contributed by atoms with van der Waals surface area (Å²) in [5, 5.41) is 15.5. The largest absolute Gasteiger partial charge is 0.392 e. The third-order valence-electron chi connectivity index (χ3n) is 3.81. The highest BCUT2D eigenvalue weighted by Crippen LogP contribution is 2.30. The van der Waals surface area contributed by atoms with Crippen LogP contribution in [0.5, 0.6) is 0 Å². The van der Waals surface area contributed by atoms with E-state index < -0.39 is 10.0 Å². The summed E-state index contributed by atoms with van der Waals surface area (Å²) in [5.41, 5.74) is 0.921. The van der Waals surface area contributed by atoms with E-state index in [1.807, 2.05) is 0 Å². The first-order valence-corrected chi connectivity index (χ1v) is 8.06. The van der Waals surface area contributed by atoms with Crippen LogP contribution < -0.4 is 4.72 Å². The normalized spacial score (nSPS) is 23.9. The number of aromatic nitrogens is 2. The number of H-pyrrole nitrogens is 1.